The van der Waals surface area contributed by atoms with Crippen molar-refractivity contribution in [2.45, 2.75) is 5.75 Å². The molecule has 1 heterocycles. The second-order valence-corrected chi connectivity index (χ2v) is 4.92. The van der Waals surface area contributed by atoms with Crippen molar-refractivity contribution in [2.75, 3.05) is 0 Å². The van der Waals surface area contributed by atoms with Gasteiger partial charge in [0.05, 0.1) is 0 Å². The van der Waals surface area contributed by atoms with Crippen LogP contribution in [0.25, 0.3) is 10.1 Å². The van der Waals surface area contributed by atoms with Gasteiger partial charge in [0, 0.05) is 10.5 Å². The van der Waals surface area contributed by atoms with Crippen molar-refractivity contribution < 1.29 is 0 Å². The highest BCUT2D eigenvalue weighted by Crippen LogP contribution is 2.28. The van der Waals surface area contributed by atoms with E-state index in [-0.39, 0.29) is 0 Å². The molecule has 5 heteroatoms. The van der Waals surface area contributed by atoms with E-state index < -0.39 is 0 Å². The van der Waals surface area contributed by atoms with Crippen LogP contribution in [0.4, 0.5) is 0 Å². The molecule has 0 aliphatic heterocycles. The van der Waals surface area contributed by atoms with Gasteiger partial charge in [-0.3, -0.25) is 0 Å². The molecule has 1 aromatic carbocycles. The van der Waals surface area contributed by atoms with Gasteiger partial charge in [-0.2, -0.15) is 5.10 Å². The van der Waals surface area contributed by atoms with Crippen molar-refractivity contribution in [1.82, 2.24) is 0 Å². The molecule has 2 rings (SSSR count). The summed E-state index contributed by atoms with van der Waals surface area (Å²) < 4.78 is 1.30. The number of benzene rings is 1. The summed E-state index contributed by atoms with van der Waals surface area (Å²) in [4.78, 5) is 0. The van der Waals surface area contributed by atoms with Gasteiger partial charge < -0.3 is 11.6 Å². The SMILES string of the molecule is NN=C(N)SCc1csc2ccccc12. The summed E-state index contributed by atoms with van der Waals surface area (Å²) in [5.74, 6) is 5.88. The second-order valence-electron chi connectivity index (χ2n) is 3.01. The number of rotatable bonds is 2. The Morgan fingerprint density at radius 3 is 3.00 bits per heavy atom. The predicted octanol–water partition coefficient (Wildman–Crippen LogP) is 2.32. The highest BCUT2D eigenvalue weighted by atomic mass is 32.2. The third-order valence-corrected chi connectivity index (χ3v) is 3.93. The van der Waals surface area contributed by atoms with Gasteiger partial charge in [0.25, 0.3) is 0 Å². The topological polar surface area (TPSA) is 64.4 Å². The van der Waals surface area contributed by atoms with Gasteiger partial charge in [0.2, 0.25) is 0 Å². The van der Waals surface area contributed by atoms with Crippen LogP contribution in [0.1, 0.15) is 5.56 Å². The van der Waals surface area contributed by atoms with E-state index in [1.165, 1.54) is 27.4 Å². The zero-order valence-electron chi connectivity index (χ0n) is 8.01. The van der Waals surface area contributed by atoms with E-state index in [2.05, 4.69) is 22.6 Å². The minimum absolute atomic E-state index is 0.422. The summed E-state index contributed by atoms with van der Waals surface area (Å²) >= 11 is 3.21. The molecule has 0 bridgehead atoms. The van der Waals surface area contributed by atoms with Gasteiger partial charge >= 0.3 is 0 Å². The molecule has 0 saturated heterocycles. The number of fused-ring (bicyclic) bond motifs is 1. The first-order chi connectivity index (χ1) is 7.31. The van der Waals surface area contributed by atoms with E-state index >= 15 is 0 Å². The summed E-state index contributed by atoms with van der Waals surface area (Å²) in [5, 5.41) is 7.30. The van der Waals surface area contributed by atoms with Crippen LogP contribution in [-0.2, 0) is 5.75 Å². The second kappa shape index (κ2) is 4.55. The van der Waals surface area contributed by atoms with Crippen LogP contribution >= 0.6 is 23.1 Å². The van der Waals surface area contributed by atoms with Gasteiger partial charge in [0.15, 0.2) is 5.17 Å². The van der Waals surface area contributed by atoms with E-state index in [1.807, 2.05) is 12.1 Å². The molecule has 0 atom stereocenters. The molecule has 0 unspecified atom stereocenters. The Hall–Kier alpha value is -1.20. The Morgan fingerprint density at radius 2 is 2.20 bits per heavy atom. The Morgan fingerprint density at radius 1 is 1.40 bits per heavy atom. The maximum atomic E-state index is 5.52. The molecule has 0 fully saturated rings. The number of nitrogens with zero attached hydrogens (tertiary/aromatic N) is 1. The summed E-state index contributed by atoms with van der Waals surface area (Å²) in [7, 11) is 0. The molecule has 15 heavy (non-hydrogen) atoms. The minimum atomic E-state index is 0.422. The van der Waals surface area contributed by atoms with Gasteiger partial charge in [-0.25, -0.2) is 0 Å². The largest absolute Gasteiger partial charge is 0.377 e. The molecule has 0 aliphatic rings. The van der Waals surface area contributed by atoms with Crippen molar-refractivity contribution >= 4 is 38.4 Å². The van der Waals surface area contributed by atoms with Crippen LogP contribution in [0.15, 0.2) is 34.7 Å². The normalized spacial score (nSPS) is 12.1. The minimum Gasteiger partial charge on any atom is -0.377 e. The lowest BCUT2D eigenvalue weighted by molar-refractivity contribution is 1.25. The first kappa shape index (κ1) is 10.3. The molecule has 3 nitrogen and oxygen atoms in total. The summed E-state index contributed by atoms with van der Waals surface area (Å²) in [6.45, 7) is 0. The lowest BCUT2D eigenvalue weighted by Crippen LogP contribution is -2.09. The van der Waals surface area contributed by atoms with E-state index in [1.54, 1.807) is 11.3 Å². The Bertz CT molecular complexity index is 490. The first-order valence-corrected chi connectivity index (χ1v) is 6.29. The van der Waals surface area contributed by atoms with Crippen LogP contribution in [0.2, 0.25) is 0 Å². The number of thioether (sulfide) groups is 1. The maximum Gasteiger partial charge on any atom is 0.177 e. The molecule has 4 N–H and O–H groups in total. The van der Waals surface area contributed by atoms with Crippen molar-refractivity contribution in [3.8, 4) is 0 Å². The standard InChI is InChI=1S/C10H11N3S2/c11-10(13-12)15-6-7-5-14-9-4-2-1-3-8(7)9/h1-5H,6,12H2,(H2,11,13). The van der Waals surface area contributed by atoms with Crippen LogP contribution in [0.3, 0.4) is 0 Å². The van der Waals surface area contributed by atoms with Crippen molar-refractivity contribution in [2.24, 2.45) is 16.7 Å². The first-order valence-electron chi connectivity index (χ1n) is 4.42. The number of thiophene rings is 1. The number of amidine groups is 1. The summed E-state index contributed by atoms with van der Waals surface area (Å²) in [5.41, 5.74) is 6.81. The average molecular weight is 237 g/mol. The highest BCUT2D eigenvalue weighted by Gasteiger charge is 2.04. The molecule has 0 radical (unpaired) electrons. The smallest absolute Gasteiger partial charge is 0.177 e. The molecule has 0 spiro atoms. The molecule has 2 aromatic rings. The molecule has 0 aliphatic carbocycles. The van der Waals surface area contributed by atoms with E-state index in [4.69, 9.17) is 11.6 Å². The molecule has 78 valence electrons. The molecule has 1 aromatic heterocycles. The number of hydrogen-bond donors (Lipinski definition) is 2. The quantitative estimate of drug-likeness (QED) is 0.364. The van der Waals surface area contributed by atoms with Gasteiger partial charge in [0.1, 0.15) is 0 Å². The number of hydrazone groups is 1. The fraction of sp³-hybridized carbons (Fsp3) is 0.100. The summed E-state index contributed by atoms with van der Waals surface area (Å²) in [6, 6.07) is 8.33. The van der Waals surface area contributed by atoms with E-state index in [0.717, 1.165) is 5.75 Å². The lowest BCUT2D eigenvalue weighted by Gasteiger charge is -1.98. The zero-order chi connectivity index (χ0) is 10.7. The fourth-order valence-electron chi connectivity index (χ4n) is 1.33. The van der Waals surface area contributed by atoms with Crippen LogP contribution in [0, 0.1) is 0 Å². The highest BCUT2D eigenvalue weighted by molar-refractivity contribution is 8.13. The number of hydrogen-bond acceptors (Lipinski definition) is 4. The van der Waals surface area contributed by atoms with Crippen LogP contribution in [-0.4, -0.2) is 5.17 Å². The average Bonchev–Trinajstić information content (AvgIpc) is 2.69. The maximum absolute atomic E-state index is 5.52. The van der Waals surface area contributed by atoms with E-state index in [9.17, 15) is 0 Å². The van der Waals surface area contributed by atoms with Gasteiger partial charge in [-0.05, 0) is 22.4 Å². The van der Waals surface area contributed by atoms with Gasteiger partial charge in [-0.1, -0.05) is 30.0 Å². The van der Waals surface area contributed by atoms with Crippen molar-refractivity contribution in [1.29, 1.82) is 0 Å². The Balaban J connectivity index is 2.22. The molecule has 0 amide bonds. The monoisotopic (exact) mass is 237 g/mol. The lowest BCUT2D eigenvalue weighted by atomic mass is 10.2. The third-order valence-electron chi connectivity index (χ3n) is 2.06. The molecular weight excluding hydrogens is 226 g/mol. The van der Waals surface area contributed by atoms with E-state index in [0.29, 0.717) is 5.17 Å². The zero-order valence-corrected chi connectivity index (χ0v) is 9.65. The summed E-state index contributed by atoms with van der Waals surface area (Å²) in [6.07, 6.45) is 0. The Kier molecular flexibility index (Phi) is 3.13. The van der Waals surface area contributed by atoms with Crippen molar-refractivity contribution in [3.63, 3.8) is 0 Å². The fourth-order valence-corrected chi connectivity index (χ4v) is 3.02. The number of nitrogens with two attached hydrogens (primary N) is 2. The predicted molar refractivity (Wildman–Crippen MR) is 68.9 cm³/mol. The molecule has 0 saturated carbocycles. The van der Waals surface area contributed by atoms with Gasteiger partial charge in [-0.15, -0.1) is 11.3 Å². The third kappa shape index (κ3) is 2.24. The van der Waals surface area contributed by atoms with Crippen LogP contribution < -0.4 is 11.6 Å². The van der Waals surface area contributed by atoms with Crippen LogP contribution in [0.5, 0.6) is 0 Å². The molecular formula is C10H11N3S2. The Labute approximate surface area is 96.2 Å². The van der Waals surface area contributed by atoms with Crippen molar-refractivity contribution in [3.05, 3.63) is 35.2 Å².